The number of halogens is 3. The molecule has 0 spiro atoms. The fraction of sp³-hybridized carbons (Fsp3) is 0.381. The highest BCUT2D eigenvalue weighted by Gasteiger charge is 2.35. The van der Waals surface area contributed by atoms with Crippen LogP contribution in [0.5, 0.6) is 5.88 Å². The van der Waals surface area contributed by atoms with E-state index in [4.69, 9.17) is 14.6 Å². The molecule has 35 heavy (non-hydrogen) atoms. The molecular weight excluding hydrogens is 495 g/mol. The van der Waals surface area contributed by atoms with Crippen LogP contribution in [-0.4, -0.2) is 74.2 Å². The summed E-state index contributed by atoms with van der Waals surface area (Å²) in [4.78, 5) is 29.3. The van der Waals surface area contributed by atoms with Gasteiger partial charge in [-0.1, -0.05) is 0 Å². The van der Waals surface area contributed by atoms with Crippen LogP contribution in [-0.2, 0) is 25.7 Å². The Balaban J connectivity index is 1.66. The van der Waals surface area contributed by atoms with E-state index >= 15 is 0 Å². The fourth-order valence-electron chi connectivity index (χ4n) is 3.84. The minimum Gasteiger partial charge on any atom is -0.481 e. The first-order valence-electron chi connectivity index (χ1n) is 10.4. The summed E-state index contributed by atoms with van der Waals surface area (Å²) in [6, 6.07) is 3.62. The minimum absolute atomic E-state index is 0.000780. The van der Waals surface area contributed by atoms with Crippen LogP contribution in [0.15, 0.2) is 41.4 Å². The molecule has 1 aromatic heterocycles. The predicted octanol–water partition coefficient (Wildman–Crippen LogP) is 2.00. The zero-order valence-electron chi connectivity index (χ0n) is 18.1. The van der Waals surface area contributed by atoms with E-state index in [1.165, 1.54) is 17.2 Å². The molecule has 14 heteroatoms. The SMILES string of the molecule is O=C(O)CC1COCCN1C(=O)c1cnc2c(c1)N(S(=O)(=O)c1ccc(C(F)(F)F)cc1)CCO2. The average Bonchev–Trinajstić information content (AvgIpc) is 2.82. The highest BCUT2D eigenvalue weighted by molar-refractivity contribution is 7.92. The van der Waals surface area contributed by atoms with Gasteiger partial charge in [-0.3, -0.25) is 13.9 Å². The molecule has 0 saturated carbocycles. The fourth-order valence-corrected chi connectivity index (χ4v) is 5.28. The lowest BCUT2D eigenvalue weighted by molar-refractivity contribution is -0.139. The number of aliphatic carboxylic acids is 1. The van der Waals surface area contributed by atoms with Gasteiger partial charge in [0.25, 0.3) is 15.9 Å². The molecule has 3 heterocycles. The lowest BCUT2D eigenvalue weighted by Crippen LogP contribution is -2.49. The van der Waals surface area contributed by atoms with Gasteiger partial charge in [0.15, 0.2) is 0 Å². The Kier molecular flexibility index (Phi) is 6.60. The molecule has 1 fully saturated rings. The summed E-state index contributed by atoms with van der Waals surface area (Å²) >= 11 is 0. The Labute approximate surface area is 197 Å². The van der Waals surface area contributed by atoms with Gasteiger partial charge in [0.05, 0.1) is 48.2 Å². The van der Waals surface area contributed by atoms with Crippen LogP contribution in [0.4, 0.5) is 18.9 Å². The van der Waals surface area contributed by atoms with Gasteiger partial charge in [-0.05, 0) is 30.3 Å². The smallest absolute Gasteiger partial charge is 0.416 e. The molecule has 188 valence electrons. The molecule has 1 unspecified atom stereocenters. The number of aromatic nitrogens is 1. The van der Waals surface area contributed by atoms with Crippen LogP contribution in [0.2, 0.25) is 0 Å². The summed E-state index contributed by atoms with van der Waals surface area (Å²) in [6.45, 7) is 0.163. The number of hydrogen-bond donors (Lipinski definition) is 1. The molecule has 0 bridgehead atoms. The third-order valence-electron chi connectivity index (χ3n) is 5.55. The topological polar surface area (TPSA) is 126 Å². The number of sulfonamides is 1. The number of benzene rings is 1. The van der Waals surface area contributed by atoms with Gasteiger partial charge in [0.2, 0.25) is 5.88 Å². The summed E-state index contributed by atoms with van der Waals surface area (Å²) in [5.74, 6) is -1.73. The van der Waals surface area contributed by atoms with E-state index in [9.17, 15) is 31.2 Å². The molecular formula is C21H20F3N3O7S. The number of carbonyl (C=O) groups is 2. The molecule has 0 radical (unpaired) electrons. The van der Waals surface area contributed by atoms with Gasteiger partial charge >= 0.3 is 12.1 Å². The summed E-state index contributed by atoms with van der Waals surface area (Å²) in [5, 5.41) is 9.13. The van der Waals surface area contributed by atoms with Crippen LogP contribution in [0.25, 0.3) is 0 Å². The van der Waals surface area contributed by atoms with Crippen LogP contribution in [0, 0.1) is 0 Å². The minimum atomic E-state index is -4.62. The van der Waals surface area contributed by atoms with Crippen molar-refractivity contribution < 1.29 is 45.8 Å². The lowest BCUT2D eigenvalue weighted by Gasteiger charge is -2.35. The van der Waals surface area contributed by atoms with Crippen molar-refractivity contribution in [1.29, 1.82) is 0 Å². The van der Waals surface area contributed by atoms with E-state index in [1.54, 1.807) is 0 Å². The van der Waals surface area contributed by atoms with Crippen molar-refractivity contribution in [3.05, 3.63) is 47.7 Å². The second kappa shape index (κ2) is 9.34. The van der Waals surface area contributed by atoms with Crippen molar-refractivity contribution in [2.24, 2.45) is 0 Å². The van der Waals surface area contributed by atoms with Crippen molar-refractivity contribution in [2.75, 3.05) is 37.2 Å². The summed E-state index contributed by atoms with van der Waals surface area (Å²) in [6.07, 6.45) is -3.75. The molecule has 2 aliphatic rings. The third kappa shape index (κ3) is 5.03. The van der Waals surface area contributed by atoms with Crippen LogP contribution in [0.3, 0.4) is 0 Å². The Hall–Kier alpha value is -3.39. The number of carboxylic acids is 1. The molecule has 0 aliphatic carbocycles. The van der Waals surface area contributed by atoms with Gasteiger partial charge in [-0.15, -0.1) is 0 Å². The number of alkyl halides is 3. The van der Waals surface area contributed by atoms with Crippen LogP contribution in [0.1, 0.15) is 22.3 Å². The molecule has 10 nitrogen and oxygen atoms in total. The first-order valence-corrected chi connectivity index (χ1v) is 11.9. The maximum Gasteiger partial charge on any atom is 0.416 e. The molecule has 1 aromatic carbocycles. The highest BCUT2D eigenvalue weighted by atomic mass is 32.2. The van der Waals surface area contributed by atoms with Gasteiger partial charge in [0.1, 0.15) is 12.3 Å². The van der Waals surface area contributed by atoms with Crippen molar-refractivity contribution in [2.45, 2.75) is 23.5 Å². The summed E-state index contributed by atoms with van der Waals surface area (Å²) in [5.41, 5.74) is -1.04. The van der Waals surface area contributed by atoms with Crippen LogP contribution >= 0.6 is 0 Å². The normalized spacial score (nSPS) is 18.5. The number of morpholine rings is 1. The van der Waals surface area contributed by atoms with Gasteiger partial charge in [0, 0.05) is 12.7 Å². The van der Waals surface area contributed by atoms with Gasteiger partial charge in [-0.2, -0.15) is 13.2 Å². The van der Waals surface area contributed by atoms with Crippen LogP contribution < -0.4 is 9.04 Å². The second-order valence-electron chi connectivity index (χ2n) is 7.82. The maximum absolute atomic E-state index is 13.3. The number of rotatable bonds is 5. The van der Waals surface area contributed by atoms with E-state index in [0.29, 0.717) is 12.1 Å². The number of nitrogens with zero attached hydrogens (tertiary/aromatic N) is 3. The highest BCUT2D eigenvalue weighted by Crippen LogP contribution is 2.36. The number of fused-ring (bicyclic) bond motifs is 1. The lowest BCUT2D eigenvalue weighted by atomic mass is 10.1. The zero-order chi connectivity index (χ0) is 25.4. The molecule has 2 aliphatic heterocycles. The Morgan fingerprint density at radius 3 is 2.51 bits per heavy atom. The molecule has 1 atom stereocenters. The zero-order valence-corrected chi connectivity index (χ0v) is 18.9. The number of anilines is 1. The number of hydrogen-bond acceptors (Lipinski definition) is 7. The predicted molar refractivity (Wildman–Crippen MR) is 114 cm³/mol. The number of pyridine rings is 1. The maximum atomic E-state index is 13.3. The second-order valence-corrected chi connectivity index (χ2v) is 9.68. The Morgan fingerprint density at radius 2 is 1.86 bits per heavy atom. The number of carbonyl (C=O) groups excluding carboxylic acids is 1. The van der Waals surface area contributed by atoms with E-state index in [0.717, 1.165) is 16.4 Å². The quantitative estimate of drug-likeness (QED) is 0.641. The standard InChI is InChI=1S/C21H20F3N3O7S/c22-21(23,24)14-1-3-16(4-2-14)35(31,32)27-6-8-34-19-17(27)9-13(11-25-19)20(30)26-5-7-33-12-15(26)10-18(28)29/h1-4,9,11,15H,5-8,10,12H2,(H,28,29). The van der Waals surface area contributed by atoms with Gasteiger partial charge < -0.3 is 19.5 Å². The Bertz CT molecular complexity index is 1240. The molecule has 1 N–H and O–H groups in total. The molecule has 2 aromatic rings. The number of ether oxygens (including phenoxy) is 2. The van der Waals surface area contributed by atoms with E-state index in [2.05, 4.69) is 4.98 Å². The summed E-state index contributed by atoms with van der Waals surface area (Å²) in [7, 11) is -4.31. The van der Waals surface area contributed by atoms with Crippen molar-refractivity contribution in [3.63, 3.8) is 0 Å². The first kappa shape index (κ1) is 24.7. The van der Waals surface area contributed by atoms with E-state index < -0.39 is 39.7 Å². The first-order chi connectivity index (χ1) is 16.5. The van der Waals surface area contributed by atoms with Crippen molar-refractivity contribution >= 4 is 27.6 Å². The number of amides is 1. The molecule has 4 rings (SSSR count). The molecule has 1 amide bonds. The van der Waals surface area contributed by atoms with E-state index in [-0.39, 0.29) is 61.4 Å². The van der Waals surface area contributed by atoms with Crippen molar-refractivity contribution in [3.8, 4) is 5.88 Å². The largest absolute Gasteiger partial charge is 0.481 e. The Morgan fingerprint density at radius 1 is 1.14 bits per heavy atom. The third-order valence-corrected chi connectivity index (χ3v) is 7.38. The van der Waals surface area contributed by atoms with Gasteiger partial charge in [-0.25, -0.2) is 13.4 Å². The van der Waals surface area contributed by atoms with Crippen molar-refractivity contribution in [1.82, 2.24) is 9.88 Å². The molecule has 1 saturated heterocycles. The number of carboxylic acid groups (broad SMARTS) is 1. The monoisotopic (exact) mass is 515 g/mol. The van der Waals surface area contributed by atoms with E-state index in [1.807, 2.05) is 0 Å². The average molecular weight is 515 g/mol. The summed E-state index contributed by atoms with van der Waals surface area (Å²) < 4.78 is 76.8.